The molecule has 0 bridgehead atoms. The molecule has 0 aliphatic rings. The number of aromatic amines is 1. The Morgan fingerprint density at radius 2 is 1.89 bits per heavy atom. The zero-order valence-corrected chi connectivity index (χ0v) is 20.1. The second-order valence-electron chi connectivity index (χ2n) is 8.34. The van der Waals surface area contributed by atoms with Gasteiger partial charge in [-0.05, 0) is 43.2 Å². The summed E-state index contributed by atoms with van der Waals surface area (Å²) in [4.78, 5) is 27.4. The molecule has 0 unspecified atom stereocenters. The van der Waals surface area contributed by atoms with E-state index in [0.717, 1.165) is 16.8 Å². The quantitative estimate of drug-likeness (QED) is 0.307. The number of benzene rings is 2. The number of anilines is 3. The van der Waals surface area contributed by atoms with E-state index in [1.165, 1.54) is 0 Å². The highest BCUT2D eigenvalue weighted by Gasteiger charge is 2.18. The van der Waals surface area contributed by atoms with Crippen LogP contribution in [0.15, 0.2) is 54.7 Å². The third kappa shape index (κ3) is 5.44. The van der Waals surface area contributed by atoms with Crippen LogP contribution in [-0.4, -0.2) is 61.8 Å². The summed E-state index contributed by atoms with van der Waals surface area (Å²) in [5.74, 6) is 1.88. The second-order valence-corrected chi connectivity index (χ2v) is 8.34. The minimum Gasteiger partial charge on any atom is -0.394 e. The number of carbonyl (C=O) groups is 1. The lowest BCUT2D eigenvalue weighted by atomic mass is 10.1. The number of aliphatic hydroxyl groups is 1. The number of amides is 1. The van der Waals surface area contributed by atoms with Gasteiger partial charge in [-0.2, -0.15) is 10.1 Å². The summed E-state index contributed by atoms with van der Waals surface area (Å²) in [7, 11) is 3.45. The van der Waals surface area contributed by atoms with E-state index in [2.05, 4.69) is 35.8 Å². The summed E-state index contributed by atoms with van der Waals surface area (Å²) in [6.07, 6.45) is 1.64. The molecule has 0 radical (unpaired) electrons. The summed E-state index contributed by atoms with van der Waals surface area (Å²) in [5, 5.41) is 23.6. The largest absolute Gasteiger partial charge is 0.394 e. The number of nitrogens with zero attached hydrogens (tertiary/aromatic N) is 5. The zero-order valence-electron chi connectivity index (χ0n) is 20.1. The molecular formula is C25H28N8O2. The minimum atomic E-state index is -0.392. The molecule has 0 fully saturated rings. The van der Waals surface area contributed by atoms with Crippen LogP contribution < -0.4 is 10.6 Å². The Morgan fingerprint density at radius 3 is 2.51 bits per heavy atom. The SMILES string of the molecule is Cc1nc(-c2cnc(Nc3ccc(C(=O)N(C)C)c(C)c3)nc2N[C@H](CO)c2ccccc2)n[nH]1. The van der Waals surface area contributed by atoms with Crippen LogP contribution >= 0.6 is 0 Å². The van der Waals surface area contributed by atoms with Crippen LogP contribution in [0, 0.1) is 13.8 Å². The van der Waals surface area contributed by atoms with Crippen molar-refractivity contribution in [2.24, 2.45) is 0 Å². The maximum atomic E-state index is 12.3. The maximum absolute atomic E-state index is 12.3. The first-order valence-electron chi connectivity index (χ1n) is 11.1. The molecule has 4 rings (SSSR count). The number of hydrogen-bond acceptors (Lipinski definition) is 8. The average Bonchev–Trinajstić information content (AvgIpc) is 3.28. The lowest BCUT2D eigenvalue weighted by Gasteiger charge is -2.19. The van der Waals surface area contributed by atoms with E-state index in [4.69, 9.17) is 0 Å². The van der Waals surface area contributed by atoms with Crippen molar-refractivity contribution >= 4 is 23.4 Å². The lowest BCUT2D eigenvalue weighted by molar-refractivity contribution is 0.0827. The van der Waals surface area contributed by atoms with E-state index in [9.17, 15) is 9.90 Å². The number of aliphatic hydroxyl groups excluding tert-OH is 1. The van der Waals surface area contributed by atoms with Crippen LogP contribution in [0.25, 0.3) is 11.4 Å². The number of carbonyl (C=O) groups excluding carboxylic acids is 1. The maximum Gasteiger partial charge on any atom is 0.253 e. The van der Waals surface area contributed by atoms with Crippen LogP contribution in [0.3, 0.4) is 0 Å². The summed E-state index contributed by atoms with van der Waals surface area (Å²) in [6.45, 7) is 3.56. The zero-order chi connectivity index (χ0) is 24.9. The van der Waals surface area contributed by atoms with Gasteiger partial charge < -0.3 is 20.6 Å². The topological polar surface area (TPSA) is 132 Å². The number of aromatic nitrogens is 5. The highest BCUT2D eigenvalue weighted by atomic mass is 16.3. The van der Waals surface area contributed by atoms with Gasteiger partial charge in [-0.3, -0.25) is 9.89 Å². The highest BCUT2D eigenvalue weighted by Crippen LogP contribution is 2.28. The van der Waals surface area contributed by atoms with Crippen LogP contribution in [0.2, 0.25) is 0 Å². The normalized spacial score (nSPS) is 11.7. The Kier molecular flexibility index (Phi) is 7.02. The van der Waals surface area contributed by atoms with Crippen LogP contribution in [0.1, 0.15) is 33.4 Å². The van der Waals surface area contributed by atoms with Gasteiger partial charge in [0, 0.05) is 31.5 Å². The van der Waals surface area contributed by atoms with Crippen molar-refractivity contribution in [2.75, 3.05) is 31.3 Å². The third-order valence-corrected chi connectivity index (χ3v) is 5.44. The molecule has 10 nitrogen and oxygen atoms in total. The first kappa shape index (κ1) is 23.8. The first-order chi connectivity index (χ1) is 16.9. The van der Waals surface area contributed by atoms with Crippen molar-refractivity contribution in [1.82, 2.24) is 30.0 Å². The number of nitrogens with one attached hydrogen (secondary N) is 3. The van der Waals surface area contributed by atoms with E-state index in [1.807, 2.05) is 56.3 Å². The fourth-order valence-corrected chi connectivity index (χ4v) is 3.62. The summed E-state index contributed by atoms with van der Waals surface area (Å²) < 4.78 is 0. The Balaban J connectivity index is 1.66. The highest BCUT2D eigenvalue weighted by molar-refractivity contribution is 5.95. The molecule has 35 heavy (non-hydrogen) atoms. The Bertz CT molecular complexity index is 1320. The predicted octanol–water partition coefficient (Wildman–Crippen LogP) is 3.47. The monoisotopic (exact) mass is 472 g/mol. The molecule has 2 heterocycles. The van der Waals surface area contributed by atoms with Gasteiger partial charge in [-0.25, -0.2) is 9.97 Å². The Labute approximate surface area is 203 Å². The summed E-state index contributed by atoms with van der Waals surface area (Å²) in [5.41, 5.74) is 3.72. The molecule has 4 N–H and O–H groups in total. The molecule has 1 atom stereocenters. The van der Waals surface area contributed by atoms with Crippen LogP contribution in [0.5, 0.6) is 0 Å². The fourth-order valence-electron chi connectivity index (χ4n) is 3.62. The number of H-pyrrole nitrogens is 1. The van der Waals surface area contributed by atoms with E-state index in [0.29, 0.717) is 34.5 Å². The van der Waals surface area contributed by atoms with Gasteiger partial charge in [0.15, 0.2) is 5.82 Å². The van der Waals surface area contributed by atoms with Crippen LogP contribution in [0.4, 0.5) is 17.5 Å². The third-order valence-electron chi connectivity index (χ3n) is 5.44. The Morgan fingerprint density at radius 1 is 1.11 bits per heavy atom. The van der Waals surface area contributed by atoms with Crippen molar-refractivity contribution in [1.29, 1.82) is 0 Å². The lowest BCUT2D eigenvalue weighted by Crippen LogP contribution is -2.22. The molecule has 0 saturated heterocycles. The molecule has 2 aromatic heterocycles. The standard InChI is InChI=1S/C25H28N8O2/c1-15-12-18(10-11-19(15)24(35)33(3)4)28-25-26-13-20(23-27-16(2)31-32-23)22(30-25)29-21(14-34)17-8-6-5-7-9-17/h5-13,21,34H,14H2,1-4H3,(H,27,31,32)(H2,26,28,29,30)/t21-/m1/s1. The number of aryl methyl sites for hydroxylation is 2. The molecule has 0 aliphatic heterocycles. The van der Waals surface area contributed by atoms with Gasteiger partial charge in [0.05, 0.1) is 18.2 Å². The summed E-state index contributed by atoms with van der Waals surface area (Å²) >= 11 is 0. The van der Waals surface area contributed by atoms with Gasteiger partial charge in [-0.1, -0.05) is 30.3 Å². The fraction of sp³-hybridized carbons (Fsp3) is 0.240. The Hall–Kier alpha value is -4.31. The van der Waals surface area contributed by atoms with Crippen molar-refractivity contribution in [3.8, 4) is 11.4 Å². The summed E-state index contributed by atoms with van der Waals surface area (Å²) in [6, 6.07) is 14.7. The molecular weight excluding hydrogens is 444 g/mol. The van der Waals surface area contributed by atoms with E-state index >= 15 is 0 Å². The smallest absolute Gasteiger partial charge is 0.253 e. The van der Waals surface area contributed by atoms with Crippen molar-refractivity contribution < 1.29 is 9.90 Å². The van der Waals surface area contributed by atoms with Crippen molar-refractivity contribution in [2.45, 2.75) is 19.9 Å². The average molecular weight is 473 g/mol. The molecule has 0 spiro atoms. The van der Waals surface area contributed by atoms with Gasteiger partial charge in [0.25, 0.3) is 5.91 Å². The van der Waals surface area contributed by atoms with Crippen LogP contribution in [-0.2, 0) is 0 Å². The van der Waals surface area contributed by atoms with Gasteiger partial charge >= 0.3 is 0 Å². The van der Waals surface area contributed by atoms with Gasteiger partial charge in [0.2, 0.25) is 5.95 Å². The molecule has 1 amide bonds. The van der Waals surface area contributed by atoms with E-state index in [1.54, 1.807) is 31.3 Å². The van der Waals surface area contributed by atoms with Crippen molar-refractivity contribution in [3.63, 3.8) is 0 Å². The van der Waals surface area contributed by atoms with Crippen molar-refractivity contribution in [3.05, 3.63) is 77.2 Å². The predicted molar refractivity (Wildman–Crippen MR) is 135 cm³/mol. The van der Waals surface area contributed by atoms with Gasteiger partial charge in [-0.15, -0.1) is 0 Å². The minimum absolute atomic E-state index is 0.0566. The molecule has 180 valence electrons. The molecule has 4 aromatic rings. The number of rotatable bonds is 8. The van der Waals surface area contributed by atoms with E-state index in [-0.39, 0.29) is 12.5 Å². The van der Waals surface area contributed by atoms with E-state index < -0.39 is 6.04 Å². The number of hydrogen-bond donors (Lipinski definition) is 4. The van der Waals surface area contributed by atoms with Gasteiger partial charge in [0.1, 0.15) is 11.6 Å². The first-order valence-corrected chi connectivity index (χ1v) is 11.1. The molecule has 0 aliphatic carbocycles. The molecule has 2 aromatic carbocycles. The molecule has 10 heteroatoms. The second kappa shape index (κ2) is 10.3. The molecule has 0 saturated carbocycles.